The highest BCUT2D eigenvalue weighted by molar-refractivity contribution is 7.19. The monoisotopic (exact) mass is 202 g/mol. The Bertz CT molecular complexity index is 537. The Morgan fingerprint density at radius 2 is 2.43 bits per heavy atom. The third-order valence-electron chi connectivity index (χ3n) is 1.74. The first-order chi connectivity index (χ1) is 6.85. The Morgan fingerprint density at radius 1 is 1.57 bits per heavy atom. The molecule has 5 heteroatoms. The maximum atomic E-state index is 8.36. The van der Waals surface area contributed by atoms with E-state index in [4.69, 9.17) is 5.53 Å². The fraction of sp³-hybridized carbons (Fsp3) is 0. The van der Waals surface area contributed by atoms with E-state index in [9.17, 15) is 0 Å². The summed E-state index contributed by atoms with van der Waals surface area (Å²) in [6.45, 7) is 3.65. The molecule has 0 aliphatic carbocycles. The highest BCUT2D eigenvalue weighted by Gasteiger charge is 2.04. The molecule has 0 atom stereocenters. The summed E-state index contributed by atoms with van der Waals surface area (Å²) in [4.78, 5) is 7.04. The zero-order chi connectivity index (χ0) is 9.97. The van der Waals surface area contributed by atoms with Gasteiger partial charge in [0.05, 0.1) is 15.9 Å². The smallest absolute Gasteiger partial charge is 0.116 e. The van der Waals surface area contributed by atoms with Crippen molar-refractivity contribution in [2.24, 2.45) is 5.11 Å². The largest absolute Gasteiger partial charge is 0.236 e. The molecule has 1 aromatic carbocycles. The lowest BCUT2D eigenvalue weighted by molar-refractivity contribution is 1.42. The molecule has 14 heavy (non-hydrogen) atoms. The van der Waals surface area contributed by atoms with Gasteiger partial charge in [-0.2, -0.15) is 0 Å². The van der Waals surface area contributed by atoms with Gasteiger partial charge in [-0.3, -0.25) is 0 Å². The van der Waals surface area contributed by atoms with Gasteiger partial charge in [-0.25, -0.2) is 4.98 Å². The van der Waals surface area contributed by atoms with E-state index in [1.165, 1.54) is 11.3 Å². The second kappa shape index (κ2) is 3.49. The third-order valence-corrected chi connectivity index (χ3v) is 2.76. The second-order valence-electron chi connectivity index (χ2n) is 2.57. The lowest BCUT2D eigenvalue weighted by atomic mass is 10.3. The topological polar surface area (TPSA) is 61.7 Å². The SMILES string of the molecule is C=Cc1nc2c(N=[N+]=[N-])cccc2s1. The van der Waals surface area contributed by atoms with Gasteiger partial charge in [0.2, 0.25) is 0 Å². The quantitative estimate of drug-likeness (QED) is 0.414. The Hall–Kier alpha value is -1.84. The van der Waals surface area contributed by atoms with E-state index in [2.05, 4.69) is 21.6 Å². The van der Waals surface area contributed by atoms with Crippen molar-refractivity contribution < 1.29 is 0 Å². The summed E-state index contributed by atoms with van der Waals surface area (Å²) in [5.74, 6) is 0. The number of hydrogen-bond acceptors (Lipinski definition) is 3. The Labute approximate surface area is 84.1 Å². The van der Waals surface area contributed by atoms with Gasteiger partial charge < -0.3 is 0 Å². The van der Waals surface area contributed by atoms with Crippen molar-refractivity contribution in [3.05, 3.63) is 40.2 Å². The molecule has 0 saturated heterocycles. The average Bonchev–Trinajstić information content (AvgIpc) is 2.62. The second-order valence-corrected chi connectivity index (χ2v) is 3.63. The first kappa shape index (κ1) is 8.74. The van der Waals surface area contributed by atoms with Crippen LogP contribution in [0.3, 0.4) is 0 Å². The average molecular weight is 202 g/mol. The first-order valence-electron chi connectivity index (χ1n) is 3.92. The van der Waals surface area contributed by atoms with Crippen LogP contribution in [-0.4, -0.2) is 4.98 Å². The van der Waals surface area contributed by atoms with Crippen molar-refractivity contribution in [3.63, 3.8) is 0 Å². The highest BCUT2D eigenvalue weighted by atomic mass is 32.1. The number of benzene rings is 1. The highest BCUT2D eigenvalue weighted by Crippen LogP contribution is 2.30. The van der Waals surface area contributed by atoms with Crippen LogP contribution < -0.4 is 0 Å². The molecular weight excluding hydrogens is 196 g/mol. The molecule has 0 spiro atoms. The van der Waals surface area contributed by atoms with Crippen LogP contribution >= 0.6 is 11.3 Å². The van der Waals surface area contributed by atoms with E-state index >= 15 is 0 Å². The van der Waals surface area contributed by atoms with Crippen LogP contribution in [0.4, 0.5) is 5.69 Å². The van der Waals surface area contributed by atoms with Crippen molar-refractivity contribution in [2.45, 2.75) is 0 Å². The first-order valence-corrected chi connectivity index (χ1v) is 4.74. The Balaban J connectivity index is 2.78. The van der Waals surface area contributed by atoms with Gasteiger partial charge >= 0.3 is 0 Å². The van der Waals surface area contributed by atoms with Gasteiger partial charge in [-0.1, -0.05) is 23.8 Å². The minimum absolute atomic E-state index is 0.564. The maximum absolute atomic E-state index is 8.36. The number of hydrogen-bond donors (Lipinski definition) is 0. The molecule has 0 saturated carbocycles. The van der Waals surface area contributed by atoms with Gasteiger partial charge in [0.15, 0.2) is 0 Å². The maximum Gasteiger partial charge on any atom is 0.116 e. The van der Waals surface area contributed by atoms with Crippen LogP contribution in [0.2, 0.25) is 0 Å². The zero-order valence-corrected chi connectivity index (χ0v) is 8.03. The number of thiazole rings is 1. The van der Waals surface area contributed by atoms with Crippen molar-refractivity contribution in [1.82, 2.24) is 4.98 Å². The molecule has 68 valence electrons. The summed E-state index contributed by atoms with van der Waals surface area (Å²) in [5.41, 5.74) is 9.66. The lowest BCUT2D eigenvalue weighted by Crippen LogP contribution is -1.69. The molecule has 0 radical (unpaired) electrons. The molecule has 1 heterocycles. The van der Waals surface area contributed by atoms with Crippen LogP contribution in [0.5, 0.6) is 0 Å². The number of rotatable bonds is 2. The van der Waals surface area contributed by atoms with Gasteiger partial charge in [0.1, 0.15) is 5.01 Å². The van der Waals surface area contributed by atoms with Crippen molar-refractivity contribution in [1.29, 1.82) is 0 Å². The lowest BCUT2D eigenvalue weighted by Gasteiger charge is -1.90. The van der Waals surface area contributed by atoms with E-state index in [-0.39, 0.29) is 0 Å². The molecule has 2 aromatic rings. The van der Waals surface area contributed by atoms with Gasteiger partial charge in [0, 0.05) is 4.91 Å². The van der Waals surface area contributed by atoms with Crippen LogP contribution in [-0.2, 0) is 0 Å². The van der Waals surface area contributed by atoms with E-state index in [0.29, 0.717) is 5.69 Å². The van der Waals surface area contributed by atoms with E-state index in [1.807, 2.05) is 12.1 Å². The summed E-state index contributed by atoms with van der Waals surface area (Å²) in [6.07, 6.45) is 1.69. The Kier molecular flexibility index (Phi) is 2.18. The van der Waals surface area contributed by atoms with Gasteiger partial charge in [0.25, 0.3) is 0 Å². The number of aromatic nitrogens is 1. The summed E-state index contributed by atoms with van der Waals surface area (Å²) in [7, 11) is 0. The third kappa shape index (κ3) is 1.35. The molecule has 2 rings (SSSR count). The van der Waals surface area contributed by atoms with Crippen LogP contribution in [0, 0.1) is 0 Å². The van der Waals surface area contributed by atoms with Crippen molar-refractivity contribution in [2.75, 3.05) is 0 Å². The minimum Gasteiger partial charge on any atom is -0.236 e. The fourth-order valence-corrected chi connectivity index (χ4v) is 2.01. The number of nitrogens with zero attached hydrogens (tertiary/aromatic N) is 4. The number of fused-ring (bicyclic) bond motifs is 1. The zero-order valence-electron chi connectivity index (χ0n) is 7.21. The van der Waals surface area contributed by atoms with Crippen molar-refractivity contribution in [3.8, 4) is 0 Å². The molecule has 0 bridgehead atoms. The molecule has 0 aliphatic heterocycles. The molecule has 0 amide bonds. The predicted molar refractivity (Wildman–Crippen MR) is 58.5 cm³/mol. The molecule has 4 nitrogen and oxygen atoms in total. The van der Waals surface area contributed by atoms with Crippen LogP contribution in [0.25, 0.3) is 26.7 Å². The van der Waals surface area contributed by atoms with Gasteiger partial charge in [-0.05, 0) is 17.7 Å². The molecule has 0 N–H and O–H groups in total. The molecule has 0 fully saturated rings. The van der Waals surface area contributed by atoms with E-state index in [1.54, 1.807) is 12.1 Å². The van der Waals surface area contributed by atoms with Gasteiger partial charge in [-0.15, -0.1) is 11.3 Å². The summed E-state index contributed by atoms with van der Waals surface area (Å²) >= 11 is 1.52. The molecule has 1 aromatic heterocycles. The number of azide groups is 1. The predicted octanol–water partition coefficient (Wildman–Crippen LogP) is 3.88. The van der Waals surface area contributed by atoms with E-state index in [0.717, 1.165) is 15.2 Å². The minimum atomic E-state index is 0.564. The number of para-hydroxylation sites is 1. The van der Waals surface area contributed by atoms with Crippen molar-refractivity contribution >= 4 is 33.3 Å². The summed E-state index contributed by atoms with van der Waals surface area (Å²) in [5, 5.41) is 4.41. The molecule has 0 aliphatic rings. The standard InChI is InChI=1S/C9H6N4S/c1-2-8-11-9-6(12-13-10)4-3-5-7(9)14-8/h2-5H,1H2. The van der Waals surface area contributed by atoms with Crippen LogP contribution in [0.15, 0.2) is 29.9 Å². The fourth-order valence-electron chi connectivity index (χ4n) is 1.17. The van der Waals surface area contributed by atoms with Crippen LogP contribution in [0.1, 0.15) is 5.01 Å². The summed E-state index contributed by atoms with van der Waals surface area (Å²) in [6, 6.07) is 5.53. The van der Waals surface area contributed by atoms with E-state index < -0.39 is 0 Å². The normalized spacial score (nSPS) is 9.71. The summed E-state index contributed by atoms with van der Waals surface area (Å²) < 4.78 is 1.00. The Morgan fingerprint density at radius 3 is 3.14 bits per heavy atom. The molecular formula is C9H6N4S. The molecule has 0 unspecified atom stereocenters.